The lowest BCUT2D eigenvalue weighted by Gasteiger charge is -2.40. The van der Waals surface area contributed by atoms with Crippen LogP contribution >= 0.6 is 0 Å². The van der Waals surface area contributed by atoms with E-state index in [2.05, 4.69) is 4.90 Å². The Hall–Kier alpha value is -0.0800. The Labute approximate surface area is 112 Å². The molecule has 0 aromatic carbocycles. The molecule has 18 heavy (non-hydrogen) atoms. The van der Waals surface area contributed by atoms with E-state index in [1.165, 1.54) is 70.8 Å². The molecule has 1 saturated heterocycles. The molecule has 0 aromatic heterocycles. The molecule has 2 aliphatic carbocycles. The van der Waals surface area contributed by atoms with Crippen molar-refractivity contribution in [1.82, 2.24) is 4.90 Å². The Bertz CT molecular complexity index is 262. The maximum Gasteiger partial charge on any atom is 0.0695 e. The highest BCUT2D eigenvalue weighted by Crippen LogP contribution is 2.37. The first kappa shape index (κ1) is 12.9. The summed E-state index contributed by atoms with van der Waals surface area (Å²) < 4.78 is 0. The highest BCUT2D eigenvalue weighted by Gasteiger charge is 2.36. The van der Waals surface area contributed by atoms with Gasteiger partial charge in [0.2, 0.25) is 0 Å². The first-order valence-electron chi connectivity index (χ1n) is 8.27. The van der Waals surface area contributed by atoms with Crippen molar-refractivity contribution in [1.29, 1.82) is 0 Å². The monoisotopic (exact) mass is 251 g/mol. The molecule has 0 bridgehead atoms. The first-order chi connectivity index (χ1) is 8.84. The molecule has 3 aliphatic rings. The molecule has 0 spiro atoms. The number of aliphatic hydroxyl groups is 1. The Morgan fingerprint density at radius 3 is 2.50 bits per heavy atom. The topological polar surface area (TPSA) is 23.5 Å². The van der Waals surface area contributed by atoms with Gasteiger partial charge in [-0.3, -0.25) is 4.90 Å². The predicted molar refractivity (Wildman–Crippen MR) is 74.5 cm³/mol. The van der Waals surface area contributed by atoms with Gasteiger partial charge in [-0.15, -0.1) is 0 Å². The minimum atomic E-state index is -0.0513. The molecule has 2 heteroatoms. The minimum Gasteiger partial charge on any atom is -0.392 e. The maximum atomic E-state index is 10.5. The van der Waals surface area contributed by atoms with E-state index in [4.69, 9.17) is 0 Å². The van der Waals surface area contributed by atoms with Gasteiger partial charge in [-0.25, -0.2) is 0 Å². The lowest BCUT2D eigenvalue weighted by molar-refractivity contribution is 0.0135. The molecule has 104 valence electrons. The van der Waals surface area contributed by atoms with Crippen molar-refractivity contribution in [2.75, 3.05) is 13.1 Å². The zero-order valence-corrected chi connectivity index (χ0v) is 11.7. The molecular formula is C16H29NO. The molecule has 1 aliphatic heterocycles. The number of piperidine rings is 1. The van der Waals surface area contributed by atoms with Gasteiger partial charge in [-0.2, -0.15) is 0 Å². The third-order valence-corrected chi connectivity index (χ3v) is 5.72. The zero-order chi connectivity index (χ0) is 12.4. The standard InChI is InChI=1S/C16H29NO/c18-16(14-6-2-1-3-7-14)12-17-11-5-9-13-8-4-10-15(13)17/h13-16,18H,1-12H2. The molecule has 0 amide bonds. The van der Waals surface area contributed by atoms with Gasteiger partial charge < -0.3 is 5.11 Å². The highest BCUT2D eigenvalue weighted by molar-refractivity contribution is 4.90. The SMILES string of the molecule is OC(CN1CCCC2CCCC21)C1CCCCC1. The summed E-state index contributed by atoms with van der Waals surface area (Å²) in [5, 5.41) is 10.5. The summed E-state index contributed by atoms with van der Waals surface area (Å²) in [5.74, 6) is 1.55. The van der Waals surface area contributed by atoms with Crippen molar-refractivity contribution >= 4 is 0 Å². The second kappa shape index (κ2) is 5.92. The van der Waals surface area contributed by atoms with Crippen molar-refractivity contribution in [2.24, 2.45) is 11.8 Å². The lowest BCUT2D eigenvalue weighted by atomic mass is 9.84. The molecule has 3 unspecified atom stereocenters. The van der Waals surface area contributed by atoms with Crippen LogP contribution in [0, 0.1) is 11.8 Å². The number of hydrogen-bond acceptors (Lipinski definition) is 2. The molecule has 1 heterocycles. The fraction of sp³-hybridized carbons (Fsp3) is 1.00. The molecule has 3 rings (SSSR count). The predicted octanol–water partition coefficient (Wildman–Crippen LogP) is 3.19. The second-order valence-electron chi connectivity index (χ2n) is 6.86. The number of aliphatic hydroxyl groups excluding tert-OH is 1. The molecule has 3 atom stereocenters. The minimum absolute atomic E-state index is 0.0513. The average Bonchev–Trinajstić information content (AvgIpc) is 2.89. The van der Waals surface area contributed by atoms with Crippen LogP contribution in [0.3, 0.4) is 0 Å². The smallest absolute Gasteiger partial charge is 0.0695 e. The molecule has 0 aromatic rings. The van der Waals surface area contributed by atoms with Crippen LogP contribution in [0.25, 0.3) is 0 Å². The summed E-state index contributed by atoms with van der Waals surface area (Å²) in [6.07, 6.45) is 13.6. The van der Waals surface area contributed by atoms with Crippen molar-refractivity contribution in [2.45, 2.75) is 76.4 Å². The van der Waals surface area contributed by atoms with Gasteiger partial charge in [0.15, 0.2) is 0 Å². The summed E-state index contributed by atoms with van der Waals surface area (Å²) >= 11 is 0. The normalized spacial score (nSPS) is 36.5. The van der Waals surface area contributed by atoms with Crippen LogP contribution in [0.2, 0.25) is 0 Å². The van der Waals surface area contributed by atoms with Crippen LogP contribution in [-0.2, 0) is 0 Å². The summed E-state index contributed by atoms with van der Waals surface area (Å²) in [6, 6.07) is 0.817. The maximum absolute atomic E-state index is 10.5. The summed E-state index contributed by atoms with van der Waals surface area (Å²) in [5.41, 5.74) is 0. The highest BCUT2D eigenvalue weighted by atomic mass is 16.3. The number of rotatable bonds is 3. The Balaban J connectivity index is 1.54. The summed E-state index contributed by atoms with van der Waals surface area (Å²) in [6.45, 7) is 2.21. The Morgan fingerprint density at radius 2 is 1.67 bits per heavy atom. The third-order valence-electron chi connectivity index (χ3n) is 5.72. The van der Waals surface area contributed by atoms with Crippen LogP contribution in [0.5, 0.6) is 0 Å². The van der Waals surface area contributed by atoms with E-state index in [0.29, 0.717) is 5.92 Å². The van der Waals surface area contributed by atoms with Gasteiger partial charge in [0.25, 0.3) is 0 Å². The van der Waals surface area contributed by atoms with E-state index in [1.807, 2.05) is 0 Å². The lowest BCUT2D eigenvalue weighted by Crippen LogP contribution is -2.47. The largest absolute Gasteiger partial charge is 0.392 e. The van der Waals surface area contributed by atoms with Crippen LogP contribution in [-0.4, -0.2) is 35.2 Å². The second-order valence-corrected chi connectivity index (χ2v) is 6.86. The third kappa shape index (κ3) is 2.75. The van der Waals surface area contributed by atoms with E-state index in [9.17, 15) is 5.11 Å². The molecule has 2 saturated carbocycles. The van der Waals surface area contributed by atoms with Gasteiger partial charge >= 0.3 is 0 Å². The quantitative estimate of drug-likeness (QED) is 0.832. The van der Waals surface area contributed by atoms with E-state index >= 15 is 0 Å². The average molecular weight is 251 g/mol. The van der Waals surface area contributed by atoms with Gasteiger partial charge in [-0.1, -0.05) is 25.7 Å². The molecule has 1 N–H and O–H groups in total. The van der Waals surface area contributed by atoms with Crippen LogP contribution in [0.1, 0.15) is 64.2 Å². The fourth-order valence-corrected chi connectivity index (χ4v) is 4.69. The number of nitrogens with zero attached hydrogens (tertiary/aromatic N) is 1. The Morgan fingerprint density at radius 1 is 0.889 bits per heavy atom. The number of β-amino-alcohol motifs (C(OH)–C–C–N with tert-alkyl or cyclic N) is 1. The molecule has 2 nitrogen and oxygen atoms in total. The number of hydrogen-bond donors (Lipinski definition) is 1. The van der Waals surface area contributed by atoms with E-state index in [1.54, 1.807) is 0 Å². The van der Waals surface area contributed by atoms with E-state index < -0.39 is 0 Å². The summed E-state index contributed by atoms with van der Waals surface area (Å²) in [7, 11) is 0. The first-order valence-corrected chi connectivity index (χ1v) is 8.27. The Kier molecular flexibility index (Phi) is 4.25. The molecular weight excluding hydrogens is 222 g/mol. The van der Waals surface area contributed by atoms with Crippen molar-refractivity contribution < 1.29 is 5.11 Å². The number of fused-ring (bicyclic) bond motifs is 1. The van der Waals surface area contributed by atoms with Crippen LogP contribution in [0.15, 0.2) is 0 Å². The number of likely N-dealkylation sites (tertiary alicyclic amines) is 1. The van der Waals surface area contributed by atoms with Crippen molar-refractivity contribution in [3.63, 3.8) is 0 Å². The molecule has 0 radical (unpaired) electrons. The molecule has 3 fully saturated rings. The van der Waals surface area contributed by atoms with Gasteiger partial charge in [0.05, 0.1) is 6.10 Å². The zero-order valence-electron chi connectivity index (χ0n) is 11.7. The van der Waals surface area contributed by atoms with Gasteiger partial charge in [0, 0.05) is 12.6 Å². The van der Waals surface area contributed by atoms with Gasteiger partial charge in [0.1, 0.15) is 0 Å². The van der Waals surface area contributed by atoms with Crippen LogP contribution in [0.4, 0.5) is 0 Å². The van der Waals surface area contributed by atoms with E-state index in [-0.39, 0.29) is 6.10 Å². The van der Waals surface area contributed by atoms with Crippen LogP contribution < -0.4 is 0 Å². The van der Waals surface area contributed by atoms with Crippen molar-refractivity contribution in [3.05, 3.63) is 0 Å². The summed E-state index contributed by atoms with van der Waals surface area (Å²) in [4.78, 5) is 2.64. The van der Waals surface area contributed by atoms with Crippen molar-refractivity contribution in [3.8, 4) is 0 Å². The van der Waals surface area contributed by atoms with E-state index in [0.717, 1.165) is 18.5 Å². The van der Waals surface area contributed by atoms with Gasteiger partial charge in [-0.05, 0) is 56.9 Å². The fourth-order valence-electron chi connectivity index (χ4n) is 4.69.